The molecule has 0 saturated heterocycles. The first-order valence-electron chi connectivity index (χ1n) is 14.5. The molecule has 0 spiro atoms. The number of nitrogens with zero attached hydrogens (tertiary/aromatic N) is 2. The Morgan fingerprint density at radius 1 is 0.953 bits per heavy atom. The molecular weight excluding hydrogens is 586 g/mol. The van der Waals surface area contributed by atoms with Crippen LogP contribution in [0.2, 0.25) is 5.02 Å². The van der Waals surface area contributed by atoms with Crippen LogP contribution in [-0.4, -0.2) is 57.1 Å². The van der Waals surface area contributed by atoms with E-state index in [0.29, 0.717) is 36.0 Å². The van der Waals surface area contributed by atoms with Gasteiger partial charge in [-0.3, -0.25) is 13.9 Å². The topological polar surface area (TPSA) is 96.0 Å². The predicted octanol–water partition coefficient (Wildman–Crippen LogP) is 5.70. The Balaban J connectivity index is 1.86. The molecule has 3 aromatic rings. The van der Waals surface area contributed by atoms with Gasteiger partial charge in [-0.25, -0.2) is 8.42 Å². The minimum absolute atomic E-state index is 0.0480. The number of benzene rings is 3. The van der Waals surface area contributed by atoms with Gasteiger partial charge in [0.15, 0.2) is 0 Å². The Bertz CT molecular complexity index is 1430. The molecule has 0 fully saturated rings. The van der Waals surface area contributed by atoms with Crippen molar-refractivity contribution in [3.05, 3.63) is 95.0 Å². The smallest absolute Gasteiger partial charge is 0.243 e. The van der Waals surface area contributed by atoms with E-state index in [1.54, 1.807) is 41.3 Å². The summed E-state index contributed by atoms with van der Waals surface area (Å²) < 4.78 is 32.1. The number of carbonyl (C=O) groups is 2. The predicted molar refractivity (Wildman–Crippen MR) is 173 cm³/mol. The number of rotatable bonds is 16. The molecule has 10 heteroatoms. The minimum atomic E-state index is -3.61. The standard InChI is InChI=1S/C33H42ClN3O5S/c1-5-42-30-18-16-29(17-19-30)37(43(4,40)41)20-10-15-32(38)36(24-27-13-9-14-28(34)21-27)31(33(39)35-23-25(2)3)22-26-11-7-6-8-12-26/h6-9,11-14,16-19,21,25,31H,5,10,15,20,22-24H2,1-4H3,(H,35,39). The Labute approximate surface area is 261 Å². The average molecular weight is 628 g/mol. The Morgan fingerprint density at radius 3 is 2.23 bits per heavy atom. The number of anilines is 1. The van der Waals surface area contributed by atoms with Gasteiger partial charge in [0.2, 0.25) is 21.8 Å². The average Bonchev–Trinajstić information content (AvgIpc) is 2.96. The van der Waals surface area contributed by atoms with E-state index in [4.69, 9.17) is 16.3 Å². The maximum absolute atomic E-state index is 13.9. The van der Waals surface area contributed by atoms with Gasteiger partial charge in [0, 0.05) is 37.5 Å². The summed E-state index contributed by atoms with van der Waals surface area (Å²) in [7, 11) is -3.61. The molecule has 0 aliphatic rings. The quantitative estimate of drug-likeness (QED) is 0.220. The molecule has 0 aromatic heterocycles. The number of nitrogens with one attached hydrogen (secondary N) is 1. The lowest BCUT2D eigenvalue weighted by molar-refractivity contribution is -0.141. The number of hydrogen-bond acceptors (Lipinski definition) is 5. The van der Waals surface area contributed by atoms with Gasteiger partial charge in [-0.2, -0.15) is 0 Å². The molecule has 1 N–H and O–H groups in total. The molecule has 0 heterocycles. The first-order valence-corrected chi connectivity index (χ1v) is 16.8. The van der Waals surface area contributed by atoms with Crippen molar-refractivity contribution in [1.29, 1.82) is 0 Å². The largest absolute Gasteiger partial charge is 0.494 e. The maximum Gasteiger partial charge on any atom is 0.243 e. The number of sulfonamides is 1. The summed E-state index contributed by atoms with van der Waals surface area (Å²) in [6, 6.07) is 22.9. The van der Waals surface area contributed by atoms with Crippen LogP contribution in [-0.2, 0) is 32.6 Å². The first-order chi connectivity index (χ1) is 20.5. The lowest BCUT2D eigenvalue weighted by atomic mass is 10.0. The van der Waals surface area contributed by atoms with Gasteiger partial charge in [0.05, 0.1) is 18.6 Å². The summed E-state index contributed by atoms with van der Waals surface area (Å²) in [4.78, 5) is 29.1. The summed E-state index contributed by atoms with van der Waals surface area (Å²) in [5.74, 6) is 0.399. The Morgan fingerprint density at radius 2 is 1.63 bits per heavy atom. The van der Waals surface area contributed by atoms with Crippen LogP contribution in [0.15, 0.2) is 78.9 Å². The molecule has 3 rings (SSSR count). The first kappa shape index (κ1) is 33.9. The number of ether oxygens (including phenoxy) is 1. The summed E-state index contributed by atoms with van der Waals surface area (Å²) in [6.45, 7) is 7.17. The van der Waals surface area contributed by atoms with Crippen LogP contribution < -0.4 is 14.4 Å². The SMILES string of the molecule is CCOc1ccc(N(CCCC(=O)N(Cc2cccc(Cl)c2)C(Cc2ccccc2)C(=O)NCC(C)C)S(C)(=O)=O)cc1. The van der Waals surface area contributed by atoms with E-state index in [9.17, 15) is 18.0 Å². The van der Waals surface area contributed by atoms with Crippen LogP contribution in [0.1, 0.15) is 44.7 Å². The van der Waals surface area contributed by atoms with Gasteiger partial charge in [-0.15, -0.1) is 0 Å². The number of carbonyl (C=O) groups excluding carboxylic acids is 2. The molecule has 232 valence electrons. The fourth-order valence-electron chi connectivity index (χ4n) is 4.69. The van der Waals surface area contributed by atoms with E-state index in [2.05, 4.69) is 5.32 Å². The van der Waals surface area contributed by atoms with Crippen molar-refractivity contribution < 1.29 is 22.7 Å². The zero-order chi connectivity index (χ0) is 31.4. The number of halogens is 1. The zero-order valence-corrected chi connectivity index (χ0v) is 26.9. The molecule has 0 radical (unpaired) electrons. The van der Waals surface area contributed by atoms with Gasteiger partial charge in [-0.1, -0.05) is 67.9 Å². The molecule has 0 aliphatic carbocycles. The van der Waals surface area contributed by atoms with Crippen LogP contribution in [0.25, 0.3) is 0 Å². The third kappa shape index (κ3) is 10.9. The van der Waals surface area contributed by atoms with Crippen LogP contribution in [0, 0.1) is 5.92 Å². The molecule has 0 saturated carbocycles. The van der Waals surface area contributed by atoms with Gasteiger partial charge < -0.3 is 15.0 Å². The third-order valence-corrected chi connectivity index (χ3v) is 8.21. The summed E-state index contributed by atoms with van der Waals surface area (Å²) >= 11 is 6.26. The van der Waals surface area contributed by atoms with Crippen molar-refractivity contribution in [1.82, 2.24) is 10.2 Å². The molecule has 1 unspecified atom stereocenters. The normalized spacial score (nSPS) is 12.0. The van der Waals surface area contributed by atoms with Crippen molar-refractivity contribution in [3.63, 3.8) is 0 Å². The Hall–Kier alpha value is -3.56. The second kappa shape index (κ2) is 16.3. The highest BCUT2D eigenvalue weighted by molar-refractivity contribution is 7.92. The minimum Gasteiger partial charge on any atom is -0.494 e. The van der Waals surface area contributed by atoms with E-state index in [0.717, 1.165) is 17.4 Å². The molecule has 2 amide bonds. The van der Waals surface area contributed by atoms with Gasteiger partial charge in [-0.05, 0) is 66.8 Å². The van der Waals surface area contributed by atoms with E-state index < -0.39 is 16.1 Å². The second-order valence-corrected chi connectivity index (χ2v) is 13.2. The monoisotopic (exact) mass is 627 g/mol. The van der Waals surface area contributed by atoms with Crippen LogP contribution >= 0.6 is 11.6 Å². The van der Waals surface area contributed by atoms with E-state index in [-0.39, 0.29) is 43.7 Å². The fraction of sp³-hybridized carbons (Fsp3) is 0.394. The van der Waals surface area contributed by atoms with Crippen molar-refractivity contribution in [3.8, 4) is 5.75 Å². The van der Waals surface area contributed by atoms with Crippen LogP contribution in [0.3, 0.4) is 0 Å². The van der Waals surface area contributed by atoms with Crippen molar-refractivity contribution in [2.24, 2.45) is 5.92 Å². The van der Waals surface area contributed by atoms with Crippen LogP contribution in [0.5, 0.6) is 5.75 Å². The molecule has 8 nitrogen and oxygen atoms in total. The van der Waals surface area contributed by atoms with E-state index in [1.807, 2.05) is 63.2 Å². The van der Waals surface area contributed by atoms with Gasteiger partial charge >= 0.3 is 0 Å². The molecule has 3 aromatic carbocycles. The van der Waals surface area contributed by atoms with Crippen molar-refractivity contribution >= 4 is 39.1 Å². The van der Waals surface area contributed by atoms with Crippen LogP contribution in [0.4, 0.5) is 5.69 Å². The van der Waals surface area contributed by atoms with Crippen molar-refractivity contribution in [2.45, 2.75) is 52.6 Å². The number of amides is 2. The highest BCUT2D eigenvalue weighted by atomic mass is 35.5. The third-order valence-electron chi connectivity index (χ3n) is 6.79. The number of hydrogen-bond donors (Lipinski definition) is 1. The summed E-state index contributed by atoms with van der Waals surface area (Å²) in [5.41, 5.74) is 2.21. The molecule has 0 aliphatic heterocycles. The van der Waals surface area contributed by atoms with E-state index in [1.165, 1.54) is 4.31 Å². The lowest BCUT2D eigenvalue weighted by Gasteiger charge is -2.32. The van der Waals surface area contributed by atoms with Gasteiger partial charge in [0.1, 0.15) is 11.8 Å². The van der Waals surface area contributed by atoms with Gasteiger partial charge in [0.25, 0.3) is 0 Å². The zero-order valence-electron chi connectivity index (χ0n) is 25.3. The Kier molecular flexibility index (Phi) is 12.9. The molecule has 43 heavy (non-hydrogen) atoms. The lowest BCUT2D eigenvalue weighted by Crippen LogP contribution is -2.51. The highest BCUT2D eigenvalue weighted by Gasteiger charge is 2.30. The van der Waals surface area contributed by atoms with E-state index >= 15 is 0 Å². The second-order valence-electron chi connectivity index (χ2n) is 10.9. The molecular formula is C33H42ClN3O5S. The van der Waals surface area contributed by atoms with Crippen molar-refractivity contribution in [2.75, 3.05) is 30.3 Å². The highest BCUT2D eigenvalue weighted by Crippen LogP contribution is 2.23. The summed E-state index contributed by atoms with van der Waals surface area (Å²) in [5, 5.41) is 3.54. The molecule has 0 bridgehead atoms. The maximum atomic E-state index is 13.9. The fourth-order valence-corrected chi connectivity index (χ4v) is 5.87. The summed E-state index contributed by atoms with van der Waals surface area (Å²) in [6.07, 6.45) is 1.79. The molecule has 1 atom stereocenters.